The van der Waals surface area contributed by atoms with Crippen LogP contribution >= 0.6 is 0 Å². The van der Waals surface area contributed by atoms with E-state index in [4.69, 9.17) is 0 Å². The van der Waals surface area contributed by atoms with Gasteiger partial charge in [0.15, 0.2) is 0 Å². The zero-order chi connectivity index (χ0) is 11.4. The number of benzene rings is 1. The van der Waals surface area contributed by atoms with Gasteiger partial charge in [-0.25, -0.2) is 0 Å². The molecule has 3 heteroatoms. The highest BCUT2D eigenvalue weighted by Crippen LogP contribution is 2.17. The van der Waals surface area contributed by atoms with Gasteiger partial charge in [-0.3, -0.25) is 4.79 Å². The molecule has 0 amide bonds. The maximum Gasteiger partial charge on any atom is 0.143 e. The van der Waals surface area contributed by atoms with Gasteiger partial charge < -0.3 is 10.3 Å². The Balaban J connectivity index is 1.97. The number of rotatable bonds is 5. The molecule has 2 rings (SSSR count). The van der Waals surface area contributed by atoms with E-state index in [1.807, 2.05) is 18.3 Å². The number of ketones is 1. The van der Waals surface area contributed by atoms with Gasteiger partial charge in [0, 0.05) is 17.1 Å². The number of fused-ring (bicyclic) bond motifs is 1. The zero-order valence-corrected chi connectivity index (χ0v) is 9.42. The van der Waals surface area contributed by atoms with Crippen molar-refractivity contribution in [1.82, 2.24) is 10.3 Å². The van der Waals surface area contributed by atoms with Crippen molar-refractivity contribution in [3.8, 4) is 0 Å². The maximum atomic E-state index is 10.7. The minimum atomic E-state index is 0.180. The lowest BCUT2D eigenvalue weighted by Crippen LogP contribution is -2.23. The summed E-state index contributed by atoms with van der Waals surface area (Å²) < 4.78 is 0. The van der Waals surface area contributed by atoms with E-state index in [-0.39, 0.29) is 5.78 Å². The number of aromatic nitrogens is 1. The van der Waals surface area contributed by atoms with E-state index in [0.717, 1.165) is 13.0 Å². The van der Waals surface area contributed by atoms with Gasteiger partial charge in [0.25, 0.3) is 0 Å². The molecular weight excluding hydrogens is 200 g/mol. The first-order valence-corrected chi connectivity index (χ1v) is 5.52. The molecule has 0 saturated carbocycles. The van der Waals surface area contributed by atoms with Gasteiger partial charge in [-0.2, -0.15) is 0 Å². The Kier molecular flexibility index (Phi) is 3.37. The van der Waals surface area contributed by atoms with Crippen molar-refractivity contribution in [2.45, 2.75) is 13.3 Å². The number of Topliss-reactive ketones (excluding diaryl/α,β-unsaturated/α-hetero) is 1. The fourth-order valence-electron chi connectivity index (χ4n) is 1.83. The number of carbonyl (C=O) groups excluding carboxylic acids is 1. The lowest BCUT2D eigenvalue weighted by molar-refractivity contribution is -0.116. The first kappa shape index (κ1) is 10.9. The number of para-hydroxylation sites is 1. The molecule has 2 N–H and O–H groups in total. The summed E-state index contributed by atoms with van der Waals surface area (Å²) in [5.41, 5.74) is 2.47. The number of nitrogens with one attached hydrogen (secondary N) is 2. The second-order valence-electron chi connectivity index (χ2n) is 3.99. The Hall–Kier alpha value is -1.61. The third-order valence-corrected chi connectivity index (χ3v) is 2.62. The van der Waals surface area contributed by atoms with E-state index < -0.39 is 0 Å². The van der Waals surface area contributed by atoms with E-state index in [2.05, 4.69) is 22.4 Å². The van der Waals surface area contributed by atoms with Crippen LogP contribution in [0.1, 0.15) is 12.5 Å². The van der Waals surface area contributed by atoms with Gasteiger partial charge in [-0.05, 0) is 31.5 Å². The van der Waals surface area contributed by atoms with Gasteiger partial charge in [-0.15, -0.1) is 0 Å². The maximum absolute atomic E-state index is 10.7. The molecule has 84 valence electrons. The van der Waals surface area contributed by atoms with Crippen molar-refractivity contribution >= 4 is 16.7 Å². The predicted octanol–water partition coefficient (Wildman–Crippen LogP) is 1.89. The Morgan fingerprint density at radius 1 is 1.38 bits per heavy atom. The largest absolute Gasteiger partial charge is 0.361 e. The van der Waals surface area contributed by atoms with Crippen molar-refractivity contribution in [1.29, 1.82) is 0 Å². The minimum Gasteiger partial charge on any atom is -0.361 e. The molecule has 2 aromatic rings. The van der Waals surface area contributed by atoms with Crippen molar-refractivity contribution in [2.75, 3.05) is 13.1 Å². The number of hydrogen-bond acceptors (Lipinski definition) is 2. The number of carbonyl (C=O) groups is 1. The van der Waals surface area contributed by atoms with Gasteiger partial charge in [0.2, 0.25) is 0 Å². The monoisotopic (exact) mass is 216 g/mol. The molecule has 0 bridgehead atoms. The van der Waals surface area contributed by atoms with Crippen LogP contribution in [0.3, 0.4) is 0 Å². The number of H-pyrrole nitrogens is 1. The first-order chi connectivity index (χ1) is 7.77. The Labute approximate surface area is 94.9 Å². The van der Waals surface area contributed by atoms with Crippen LogP contribution in [0.15, 0.2) is 30.5 Å². The highest BCUT2D eigenvalue weighted by atomic mass is 16.1. The Morgan fingerprint density at radius 2 is 2.19 bits per heavy atom. The molecule has 3 nitrogen and oxygen atoms in total. The van der Waals surface area contributed by atoms with E-state index in [9.17, 15) is 4.79 Å². The molecule has 0 atom stereocenters. The standard InChI is InChI=1S/C13H16N2O/c1-10(16)8-14-7-6-11-9-15-13-5-3-2-4-12(11)13/h2-5,9,14-15H,6-8H2,1H3. The molecule has 1 heterocycles. The predicted molar refractivity (Wildman–Crippen MR) is 65.6 cm³/mol. The van der Waals surface area contributed by atoms with Crippen molar-refractivity contribution in [3.05, 3.63) is 36.0 Å². The second-order valence-corrected chi connectivity index (χ2v) is 3.99. The molecule has 16 heavy (non-hydrogen) atoms. The lowest BCUT2D eigenvalue weighted by atomic mass is 10.1. The smallest absolute Gasteiger partial charge is 0.143 e. The topological polar surface area (TPSA) is 44.9 Å². The van der Waals surface area contributed by atoms with E-state index in [0.29, 0.717) is 6.54 Å². The summed E-state index contributed by atoms with van der Waals surface area (Å²) in [5, 5.41) is 4.39. The Bertz CT molecular complexity index is 487. The van der Waals surface area contributed by atoms with Gasteiger partial charge in [-0.1, -0.05) is 18.2 Å². The van der Waals surface area contributed by atoms with Crippen molar-refractivity contribution in [2.24, 2.45) is 0 Å². The van der Waals surface area contributed by atoms with Crippen LogP contribution in [0.5, 0.6) is 0 Å². The SMILES string of the molecule is CC(=O)CNCCc1c[nH]c2ccccc12. The van der Waals surface area contributed by atoms with Crippen molar-refractivity contribution < 1.29 is 4.79 Å². The minimum absolute atomic E-state index is 0.180. The van der Waals surface area contributed by atoms with Crippen LogP contribution in [0.2, 0.25) is 0 Å². The normalized spacial score (nSPS) is 10.8. The highest BCUT2D eigenvalue weighted by molar-refractivity contribution is 5.83. The van der Waals surface area contributed by atoms with E-state index >= 15 is 0 Å². The van der Waals surface area contributed by atoms with Crippen LogP contribution in [-0.2, 0) is 11.2 Å². The molecule has 0 radical (unpaired) electrons. The average molecular weight is 216 g/mol. The van der Waals surface area contributed by atoms with E-state index in [1.54, 1.807) is 6.92 Å². The average Bonchev–Trinajstić information content (AvgIpc) is 2.68. The summed E-state index contributed by atoms with van der Waals surface area (Å²) >= 11 is 0. The number of hydrogen-bond donors (Lipinski definition) is 2. The van der Waals surface area contributed by atoms with Gasteiger partial charge >= 0.3 is 0 Å². The lowest BCUT2D eigenvalue weighted by Gasteiger charge is -2.01. The zero-order valence-electron chi connectivity index (χ0n) is 9.42. The fraction of sp³-hybridized carbons (Fsp3) is 0.308. The summed E-state index contributed by atoms with van der Waals surface area (Å²) in [6.07, 6.45) is 2.98. The van der Waals surface area contributed by atoms with Crippen LogP contribution in [0.25, 0.3) is 10.9 Å². The molecule has 1 aromatic heterocycles. The van der Waals surface area contributed by atoms with Crippen LogP contribution in [0.4, 0.5) is 0 Å². The molecular formula is C13H16N2O. The van der Waals surface area contributed by atoms with E-state index in [1.165, 1.54) is 16.5 Å². The van der Waals surface area contributed by atoms with Crippen molar-refractivity contribution in [3.63, 3.8) is 0 Å². The summed E-state index contributed by atoms with van der Waals surface area (Å²) in [7, 11) is 0. The molecule has 0 saturated heterocycles. The molecule has 1 aromatic carbocycles. The quantitative estimate of drug-likeness (QED) is 0.750. The molecule has 0 spiro atoms. The molecule has 0 aliphatic carbocycles. The third kappa shape index (κ3) is 2.49. The second kappa shape index (κ2) is 4.94. The molecule has 0 unspecified atom stereocenters. The van der Waals surface area contributed by atoms with Gasteiger partial charge in [0.1, 0.15) is 5.78 Å². The van der Waals surface area contributed by atoms with Crippen LogP contribution in [-0.4, -0.2) is 23.9 Å². The summed E-state index contributed by atoms with van der Waals surface area (Å²) in [6.45, 7) is 2.89. The summed E-state index contributed by atoms with van der Waals surface area (Å²) in [6, 6.07) is 8.26. The number of aromatic amines is 1. The summed E-state index contributed by atoms with van der Waals surface area (Å²) in [5.74, 6) is 0.180. The molecule has 0 aliphatic heterocycles. The first-order valence-electron chi connectivity index (χ1n) is 5.52. The fourth-order valence-corrected chi connectivity index (χ4v) is 1.83. The molecule has 0 aliphatic rings. The third-order valence-electron chi connectivity index (χ3n) is 2.62. The summed E-state index contributed by atoms with van der Waals surface area (Å²) in [4.78, 5) is 14.0. The Morgan fingerprint density at radius 3 is 3.00 bits per heavy atom. The van der Waals surface area contributed by atoms with Crippen LogP contribution in [0, 0.1) is 0 Å². The van der Waals surface area contributed by atoms with Crippen LogP contribution < -0.4 is 5.32 Å². The molecule has 0 fully saturated rings. The highest BCUT2D eigenvalue weighted by Gasteiger charge is 2.02. The van der Waals surface area contributed by atoms with Gasteiger partial charge in [0.05, 0.1) is 6.54 Å².